The van der Waals surface area contributed by atoms with Crippen LogP contribution in [0.3, 0.4) is 0 Å². The maximum Gasteiger partial charge on any atom is 0.346 e. The van der Waals surface area contributed by atoms with E-state index in [1.54, 1.807) is 14.2 Å². The molecule has 3 nitrogen and oxygen atoms in total. The molecule has 0 aliphatic heterocycles. The van der Waals surface area contributed by atoms with E-state index in [9.17, 15) is 0 Å². The molecule has 1 atom stereocenters. The molecule has 1 unspecified atom stereocenters. The van der Waals surface area contributed by atoms with Crippen molar-refractivity contribution in [2.24, 2.45) is 4.99 Å². The van der Waals surface area contributed by atoms with Gasteiger partial charge in [0.15, 0.2) is 0 Å². The highest BCUT2D eigenvalue weighted by molar-refractivity contribution is 6.46. The molecule has 0 aliphatic carbocycles. The molecule has 4 heteroatoms. The van der Waals surface area contributed by atoms with Gasteiger partial charge in [-0.05, 0) is 19.1 Å². The van der Waals surface area contributed by atoms with Gasteiger partial charge in [0.25, 0.3) is 0 Å². The van der Waals surface area contributed by atoms with Gasteiger partial charge in [0.2, 0.25) is 0 Å². The highest BCUT2D eigenvalue weighted by Crippen LogP contribution is 2.07. The van der Waals surface area contributed by atoms with E-state index in [0.717, 1.165) is 19.3 Å². The summed E-state index contributed by atoms with van der Waals surface area (Å²) in [6.45, 7) is 4.24. The van der Waals surface area contributed by atoms with Crippen molar-refractivity contribution in [2.75, 3.05) is 14.2 Å². The second-order valence-electron chi connectivity index (χ2n) is 2.94. The average Bonchev–Trinajstić information content (AvgIpc) is 2.16. The number of aliphatic imine (C=N–C) groups is 1. The SMILES string of the molecule is CCC=NC(CCC)[SiH](OC)OC. The Labute approximate surface area is 83.0 Å². The predicted octanol–water partition coefficient (Wildman–Crippen LogP) is 1.69. The van der Waals surface area contributed by atoms with Crippen molar-refractivity contribution in [3.8, 4) is 0 Å². The van der Waals surface area contributed by atoms with E-state index < -0.39 is 9.28 Å². The number of nitrogens with zero attached hydrogens (tertiary/aromatic N) is 1. The minimum Gasteiger partial charge on any atom is -0.399 e. The van der Waals surface area contributed by atoms with Crippen molar-refractivity contribution >= 4 is 15.5 Å². The largest absolute Gasteiger partial charge is 0.399 e. The third-order valence-corrected chi connectivity index (χ3v) is 3.91. The van der Waals surface area contributed by atoms with Gasteiger partial charge < -0.3 is 8.85 Å². The first-order chi connectivity index (χ1) is 6.29. The van der Waals surface area contributed by atoms with Crippen LogP contribution in [0, 0.1) is 0 Å². The van der Waals surface area contributed by atoms with E-state index in [2.05, 4.69) is 18.8 Å². The van der Waals surface area contributed by atoms with E-state index in [4.69, 9.17) is 8.85 Å². The molecule has 0 aliphatic rings. The van der Waals surface area contributed by atoms with Crippen molar-refractivity contribution in [2.45, 2.75) is 38.8 Å². The van der Waals surface area contributed by atoms with E-state index in [1.165, 1.54) is 0 Å². The minimum atomic E-state index is -1.55. The molecule has 0 aromatic carbocycles. The first-order valence-electron chi connectivity index (χ1n) is 4.87. The Bertz CT molecular complexity index is 138. The van der Waals surface area contributed by atoms with Gasteiger partial charge >= 0.3 is 9.28 Å². The zero-order chi connectivity index (χ0) is 10.1. The van der Waals surface area contributed by atoms with Crippen LogP contribution in [0.25, 0.3) is 0 Å². The highest BCUT2D eigenvalue weighted by Gasteiger charge is 2.21. The molecule has 0 aromatic heterocycles. The maximum absolute atomic E-state index is 5.31. The summed E-state index contributed by atoms with van der Waals surface area (Å²) in [6, 6.07) is 0. The Morgan fingerprint density at radius 3 is 2.31 bits per heavy atom. The summed E-state index contributed by atoms with van der Waals surface area (Å²) in [5.74, 6) is 0. The first-order valence-corrected chi connectivity index (χ1v) is 6.48. The van der Waals surface area contributed by atoms with Gasteiger partial charge in [-0.1, -0.05) is 20.3 Å². The topological polar surface area (TPSA) is 30.8 Å². The van der Waals surface area contributed by atoms with Gasteiger partial charge in [-0.15, -0.1) is 0 Å². The molecule has 0 spiro atoms. The molecule has 0 radical (unpaired) electrons. The monoisotopic (exact) mass is 203 g/mol. The third kappa shape index (κ3) is 5.18. The van der Waals surface area contributed by atoms with Crippen molar-refractivity contribution in [3.63, 3.8) is 0 Å². The third-order valence-electron chi connectivity index (χ3n) is 1.84. The lowest BCUT2D eigenvalue weighted by atomic mass is 10.3. The smallest absolute Gasteiger partial charge is 0.346 e. The normalized spacial score (nSPS) is 14.2. The van der Waals surface area contributed by atoms with Crippen molar-refractivity contribution in [3.05, 3.63) is 0 Å². The Morgan fingerprint density at radius 1 is 1.31 bits per heavy atom. The quantitative estimate of drug-likeness (QED) is 0.466. The van der Waals surface area contributed by atoms with Crippen LogP contribution >= 0.6 is 0 Å². The van der Waals surface area contributed by atoms with Crippen LogP contribution in [0.2, 0.25) is 0 Å². The van der Waals surface area contributed by atoms with Gasteiger partial charge in [-0.3, -0.25) is 4.99 Å². The Kier molecular flexibility index (Phi) is 8.28. The molecule has 0 N–H and O–H groups in total. The molecule has 0 amide bonds. The van der Waals surface area contributed by atoms with Crippen molar-refractivity contribution < 1.29 is 8.85 Å². The molecule has 0 bridgehead atoms. The molecule has 0 rings (SSSR count). The zero-order valence-corrected chi connectivity index (χ0v) is 10.3. The summed E-state index contributed by atoms with van der Waals surface area (Å²) in [5.41, 5.74) is 0.278. The fraction of sp³-hybridized carbons (Fsp3) is 0.889. The standard InChI is InChI=1S/C9H21NO2Si/c1-5-7-9(10-8-6-2)13(11-3)12-4/h8-9,13H,5-7H2,1-4H3. The maximum atomic E-state index is 5.31. The van der Waals surface area contributed by atoms with Gasteiger partial charge in [-0.2, -0.15) is 0 Å². The molecule has 13 heavy (non-hydrogen) atoms. The summed E-state index contributed by atoms with van der Waals surface area (Å²) in [4.78, 5) is 4.46. The van der Waals surface area contributed by atoms with Crippen molar-refractivity contribution in [1.29, 1.82) is 0 Å². The van der Waals surface area contributed by atoms with Crippen LogP contribution in [0.1, 0.15) is 33.1 Å². The molecule has 0 fully saturated rings. The van der Waals surface area contributed by atoms with Gasteiger partial charge in [0, 0.05) is 14.2 Å². The summed E-state index contributed by atoms with van der Waals surface area (Å²) in [5, 5.41) is 0. The number of hydrogen-bond acceptors (Lipinski definition) is 3. The molecular weight excluding hydrogens is 182 g/mol. The molecule has 78 valence electrons. The predicted molar refractivity (Wildman–Crippen MR) is 58.6 cm³/mol. The van der Waals surface area contributed by atoms with Gasteiger partial charge in [0.05, 0.1) is 5.67 Å². The lowest BCUT2D eigenvalue weighted by Crippen LogP contribution is -2.34. The van der Waals surface area contributed by atoms with Crippen LogP contribution in [-0.4, -0.2) is 35.4 Å². The Balaban J connectivity index is 4.11. The zero-order valence-electron chi connectivity index (χ0n) is 9.12. The Hall–Kier alpha value is -0.193. The van der Waals surface area contributed by atoms with Crippen molar-refractivity contribution in [1.82, 2.24) is 0 Å². The molecular formula is C9H21NO2Si. The first kappa shape index (κ1) is 12.8. The highest BCUT2D eigenvalue weighted by atomic mass is 28.3. The van der Waals surface area contributed by atoms with Crippen LogP contribution in [0.4, 0.5) is 0 Å². The summed E-state index contributed by atoms with van der Waals surface area (Å²) in [7, 11) is 1.87. The Morgan fingerprint density at radius 2 is 1.92 bits per heavy atom. The van der Waals surface area contributed by atoms with Crippen LogP contribution in [0.15, 0.2) is 4.99 Å². The lowest BCUT2D eigenvalue weighted by Gasteiger charge is -2.18. The van der Waals surface area contributed by atoms with E-state index in [1.807, 2.05) is 6.21 Å². The second kappa shape index (κ2) is 8.41. The molecule has 0 saturated heterocycles. The summed E-state index contributed by atoms with van der Waals surface area (Å²) >= 11 is 0. The average molecular weight is 203 g/mol. The van der Waals surface area contributed by atoms with E-state index >= 15 is 0 Å². The number of hydrogen-bond donors (Lipinski definition) is 0. The van der Waals surface area contributed by atoms with Crippen LogP contribution in [-0.2, 0) is 8.85 Å². The molecule has 0 heterocycles. The minimum absolute atomic E-state index is 0.278. The summed E-state index contributed by atoms with van der Waals surface area (Å²) in [6.07, 6.45) is 5.13. The van der Waals surface area contributed by atoms with Crippen LogP contribution in [0.5, 0.6) is 0 Å². The fourth-order valence-electron chi connectivity index (χ4n) is 1.23. The molecule has 0 aromatic rings. The van der Waals surface area contributed by atoms with Crippen LogP contribution < -0.4 is 0 Å². The lowest BCUT2D eigenvalue weighted by molar-refractivity contribution is 0.264. The molecule has 0 saturated carbocycles. The summed E-state index contributed by atoms with van der Waals surface area (Å²) < 4.78 is 10.6. The number of rotatable bonds is 7. The van der Waals surface area contributed by atoms with Gasteiger partial charge in [-0.25, -0.2) is 0 Å². The van der Waals surface area contributed by atoms with Gasteiger partial charge in [0.1, 0.15) is 0 Å². The fourth-order valence-corrected chi connectivity index (χ4v) is 2.92. The van der Waals surface area contributed by atoms with E-state index in [-0.39, 0.29) is 5.67 Å². The van der Waals surface area contributed by atoms with E-state index in [0.29, 0.717) is 0 Å². The second-order valence-corrected chi connectivity index (χ2v) is 5.38.